The summed E-state index contributed by atoms with van der Waals surface area (Å²) in [5, 5.41) is 0.522. The molecule has 0 unspecified atom stereocenters. The maximum Gasteiger partial charge on any atom is 0.243 e. The molecule has 124 valence electrons. The lowest BCUT2D eigenvalue weighted by atomic mass is 10.4. The molecular weight excluding hydrogens is 346 g/mol. The smallest absolute Gasteiger partial charge is 0.243 e. The molecule has 1 saturated carbocycles. The monoisotopic (exact) mass is 361 g/mol. The van der Waals surface area contributed by atoms with Crippen molar-refractivity contribution in [1.82, 2.24) is 13.7 Å². The van der Waals surface area contributed by atoms with Crippen molar-refractivity contribution in [3.63, 3.8) is 0 Å². The van der Waals surface area contributed by atoms with E-state index in [1.165, 1.54) is 0 Å². The van der Waals surface area contributed by atoms with Gasteiger partial charge in [-0.1, -0.05) is 17.7 Å². The zero-order valence-corrected chi connectivity index (χ0v) is 14.4. The van der Waals surface area contributed by atoms with Gasteiger partial charge in [0.15, 0.2) is 0 Å². The van der Waals surface area contributed by atoms with Gasteiger partial charge in [-0.05, 0) is 49.2 Å². The van der Waals surface area contributed by atoms with E-state index >= 15 is 0 Å². The van der Waals surface area contributed by atoms with Gasteiger partial charge >= 0.3 is 0 Å². The van der Waals surface area contributed by atoms with Gasteiger partial charge in [0.2, 0.25) is 10.0 Å². The van der Waals surface area contributed by atoms with Crippen molar-refractivity contribution in [2.45, 2.75) is 30.3 Å². The van der Waals surface area contributed by atoms with E-state index in [1.807, 2.05) is 28.8 Å². The molecule has 0 spiro atoms. The van der Waals surface area contributed by atoms with Crippen molar-refractivity contribution >= 4 is 27.3 Å². The van der Waals surface area contributed by atoms with Gasteiger partial charge in [-0.2, -0.15) is 4.31 Å². The number of halogens is 1. The van der Waals surface area contributed by atoms with Gasteiger partial charge in [0.25, 0.3) is 0 Å². The first-order valence-corrected chi connectivity index (χ1v) is 9.56. The van der Waals surface area contributed by atoms with Gasteiger partial charge in [-0.25, -0.2) is 13.4 Å². The van der Waals surface area contributed by atoms with E-state index in [2.05, 4.69) is 4.98 Å². The van der Waals surface area contributed by atoms with Gasteiger partial charge in [0.05, 0.1) is 23.3 Å². The quantitative estimate of drug-likeness (QED) is 0.700. The zero-order chi connectivity index (χ0) is 16.7. The SMILES string of the molecule is O=S(=O)(c1ccc(Cl)cc1)N(Cc1cnc2ccccn12)C1CC1. The van der Waals surface area contributed by atoms with E-state index in [4.69, 9.17) is 11.6 Å². The second kappa shape index (κ2) is 5.88. The van der Waals surface area contributed by atoms with Gasteiger partial charge in [0.1, 0.15) is 5.65 Å². The number of aromatic nitrogens is 2. The second-order valence-electron chi connectivity index (χ2n) is 5.91. The minimum atomic E-state index is -3.57. The topological polar surface area (TPSA) is 54.7 Å². The van der Waals surface area contributed by atoms with Crippen LogP contribution >= 0.6 is 11.6 Å². The number of hydrogen-bond donors (Lipinski definition) is 0. The third kappa shape index (κ3) is 2.81. The molecule has 0 atom stereocenters. The Labute approximate surface area is 145 Å². The summed E-state index contributed by atoms with van der Waals surface area (Å²) in [6.07, 6.45) is 5.42. The van der Waals surface area contributed by atoms with Crippen LogP contribution in [0.4, 0.5) is 0 Å². The van der Waals surface area contributed by atoms with E-state index in [1.54, 1.807) is 34.8 Å². The summed E-state index contributed by atoms with van der Waals surface area (Å²) in [6.45, 7) is 0.306. The zero-order valence-electron chi connectivity index (χ0n) is 12.8. The molecule has 7 heteroatoms. The van der Waals surface area contributed by atoms with E-state index in [-0.39, 0.29) is 10.9 Å². The van der Waals surface area contributed by atoms with E-state index in [0.29, 0.717) is 11.6 Å². The first-order chi connectivity index (χ1) is 11.6. The van der Waals surface area contributed by atoms with Crippen molar-refractivity contribution in [1.29, 1.82) is 0 Å². The van der Waals surface area contributed by atoms with Crippen LogP contribution in [0.5, 0.6) is 0 Å². The number of fused-ring (bicyclic) bond motifs is 1. The summed E-state index contributed by atoms with van der Waals surface area (Å²) in [5.41, 5.74) is 1.67. The molecule has 4 rings (SSSR count). The Morgan fingerprint density at radius 3 is 2.62 bits per heavy atom. The Bertz CT molecular complexity index is 978. The summed E-state index contributed by atoms with van der Waals surface area (Å²) in [5.74, 6) is 0. The van der Waals surface area contributed by atoms with Crippen LogP contribution in [0.25, 0.3) is 5.65 Å². The molecule has 1 aliphatic rings. The van der Waals surface area contributed by atoms with Crippen LogP contribution in [0.1, 0.15) is 18.5 Å². The largest absolute Gasteiger partial charge is 0.303 e. The van der Waals surface area contributed by atoms with Crippen LogP contribution in [0.2, 0.25) is 5.02 Å². The average Bonchev–Trinajstić information content (AvgIpc) is 3.33. The molecule has 1 aromatic carbocycles. The normalized spacial score (nSPS) is 15.2. The lowest BCUT2D eigenvalue weighted by Gasteiger charge is -2.21. The highest BCUT2D eigenvalue weighted by atomic mass is 35.5. The highest BCUT2D eigenvalue weighted by molar-refractivity contribution is 7.89. The van der Waals surface area contributed by atoms with Crippen LogP contribution in [0, 0.1) is 0 Å². The molecule has 0 saturated heterocycles. The Morgan fingerprint density at radius 2 is 1.92 bits per heavy atom. The minimum absolute atomic E-state index is 0.0555. The van der Waals surface area contributed by atoms with Gasteiger partial charge in [0, 0.05) is 17.3 Å². The number of pyridine rings is 1. The fourth-order valence-corrected chi connectivity index (χ4v) is 4.56. The maximum atomic E-state index is 13.0. The summed E-state index contributed by atoms with van der Waals surface area (Å²) in [4.78, 5) is 4.61. The summed E-state index contributed by atoms with van der Waals surface area (Å²) < 4.78 is 29.6. The highest BCUT2D eigenvalue weighted by Crippen LogP contribution is 2.33. The van der Waals surface area contributed by atoms with Crippen molar-refractivity contribution < 1.29 is 8.42 Å². The van der Waals surface area contributed by atoms with E-state index in [0.717, 1.165) is 24.2 Å². The van der Waals surface area contributed by atoms with E-state index in [9.17, 15) is 8.42 Å². The molecule has 1 aliphatic carbocycles. The molecular formula is C17H16ClN3O2S. The average molecular weight is 362 g/mol. The van der Waals surface area contributed by atoms with Crippen molar-refractivity contribution in [2.24, 2.45) is 0 Å². The number of benzene rings is 1. The third-order valence-electron chi connectivity index (χ3n) is 4.19. The molecule has 0 aliphatic heterocycles. The second-order valence-corrected chi connectivity index (χ2v) is 8.24. The molecule has 0 amide bonds. The molecule has 2 heterocycles. The molecule has 3 aromatic rings. The summed E-state index contributed by atoms with van der Waals surface area (Å²) >= 11 is 5.88. The van der Waals surface area contributed by atoms with Crippen LogP contribution in [-0.4, -0.2) is 28.1 Å². The number of nitrogens with zero attached hydrogens (tertiary/aromatic N) is 3. The molecule has 1 fully saturated rings. The Balaban J connectivity index is 1.71. The molecule has 24 heavy (non-hydrogen) atoms. The molecule has 5 nitrogen and oxygen atoms in total. The standard InChI is InChI=1S/C17H16ClN3O2S/c18-13-4-8-16(9-5-13)24(22,23)21(14-6-7-14)12-15-11-19-17-3-1-2-10-20(15)17/h1-5,8-11,14H,6-7,12H2. The lowest BCUT2D eigenvalue weighted by Crippen LogP contribution is -2.33. The van der Waals surface area contributed by atoms with Crippen molar-refractivity contribution in [3.8, 4) is 0 Å². The van der Waals surface area contributed by atoms with E-state index < -0.39 is 10.0 Å². The van der Waals surface area contributed by atoms with Crippen molar-refractivity contribution in [3.05, 3.63) is 65.6 Å². The molecule has 0 radical (unpaired) electrons. The number of rotatable bonds is 5. The molecule has 2 aromatic heterocycles. The predicted molar refractivity (Wildman–Crippen MR) is 92.4 cm³/mol. The number of hydrogen-bond acceptors (Lipinski definition) is 3. The summed E-state index contributed by atoms with van der Waals surface area (Å²) in [6, 6.07) is 12.1. The Morgan fingerprint density at radius 1 is 1.17 bits per heavy atom. The number of imidazole rings is 1. The molecule has 0 bridgehead atoms. The van der Waals surface area contributed by atoms with Gasteiger partial charge < -0.3 is 4.40 Å². The fourth-order valence-electron chi connectivity index (χ4n) is 2.78. The Hall–Kier alpha value is -1.89. The molecule has 0 N–H and O–H groups in total. The number of sulfonamides is 1. The Kier molecular flexibility index (Phi) is 3.83. The van der Waals surface area contributed by atoms with Gasteiger partial charge in [-0.15, -0.1) is 0 Å². The van der Waals surface area contributed by atoms with Crippen LogP contribution in [0.15, 0.2) is 59.8 Å². The maximum absolute atomic E-state index is 13.0. The van der Waals surface area contributed by atoms with Crippen molar-refractivity contribution in [2.75, 3.05) is 0 Å². The third-order valence-corrected chi connectivity index (χ3v) is 6.35. The van der Waals surface area contributed by atoms with Gasteiger partial charge in [-0.3, -0.25) is 0 Å². The summed E-state index contributed by atoms with van der Waals surface area (Å²) in [7, 11) is -3.57. The fraction of sp³-hybridized carbons (Fsp3) is 0.235. The van der Waals surface area contributed by atoms with Crippen LogP contribution < -0.4 is 0 Å². The highest BCUT2D eigenvalue weighted by Gasteiger charge is 2.38. The van der Waals surface area contributed by atoms with Crippen LogP contribution in [-0.2, 0) is 16.6 Å². The van der Waals surface area contributed by atoms with Crippen LogP contribution in [0.3, 0.4) is 0 Å². The lowest BCUT2D eigenvalue weighted by molar-refractivity contribution is 0.393. The predicted octanol–water partition coefficient (Wildman–Crippen LogP) is 3.34. The first kappa shape index (κ1) is 15.6. The first-order valence-electron chi connectivity index (χ1n) is 7.74. The minimum Gasteiger partial charge on any atom is -0.303 e.